The van der Waals surface area contributed by atoms with Crippen LogP contribution in [0.2, 0.25) is 0 Å². The number of benzene rings is 1. The van der Waals surface area contributed by atoms with Gasteiger partial charge in [-0.25, -0.2) is 4.79 Å². The number of methoxy groups -OCH3 is 1. The molecule has 6 heteroatoms. The first-order valence-electron chi connectivity index (χ1n) is 7.93. The molecule has 2 N–H and O–H groups in total. The van der Waals surface area contributed by atoms with E-state index in [2.05, 4.69) is 10.6 Å². The average Bonchev–Trinajstić information content (AvgIpc) is 2.48. The van der Waals surface area contributed by atoms with Crippen LogP contribution in [-0.4, -0.2) is 38.0 Å². The van der Waals surface area contributed by atoms with Gasteiger partial charge in [0.05, 0.1) is 7.11 Å². The van der Waals surface area contributed by atoms with Crippen molar-refractivity contribution >= 4 is 11.8 Å². The van der Waals surface area contributed by atoms with Gasteiger partial charge in [0.2, 0.25) is 0 Å². The number of anilines is 1. The second-order valence-corrected chi connectivity index (χ2v) is 6.58. The zero-order chi connectivity index (χ0) is 16.9. The number of ether oxygens (including phenoxy) is 3. The third kappa shape index (κ3) is 5.63. The van der Waals surface area contributed by atoms with E-state index >= 15 is 0 Å². The summed E-state index contributed by atoms with van der Waals surface area (Å²) >= 11 is 0. The Morgan fingerprint density at radius 2 is 2.09 bits per heavy atom. The predicted octanol–water partition coefficient (Wildman–Crippen LogP) is 3.17. The van der Waals surface area contributed by atoms with E-state index in [-0.39, 0.29) is 6.10 Å². The smallest absolute Gasteiger partial charge is 0.412 e. The SMILES string of the molecule is COc1cc(NC(=O)OC(C)(C)C)ccc1OC1CCCNC1. The molecule has 1 aliphatic heterocycles. The summed E-state index contributed by atoms with van der Waals surface area (Å²) < 4.78 is 16.6. The molecule has 1 amide bonds. The molecule has 1 atom stereocenters. The van der Waals surface area contributed by atoms with E-state index in [9.17, 15) is 4.79 Å². The third-order valence-corrected chi connectivity index (χ3v) is 3.35. The molecule has 0 spiro atoms. The van der Waals surface area contributed by atoms with Crippen molar-refractivity contribution < 1.29 is 19.0 Å². The fourth-order valence-corrected chi connectivity index (χ4v) is 2.36. The number of rotatable bonds is 4. The summed E-state index contributed by atoms with van der Waals surface area (Å²) in [5, 5.41) is 6.01. The highest BCUT2D eigenvalue weighted by Crippen LogP contribution is 2.32. The van der Waals surface area contributed by atoms with Crippen molar-refractivity contribution in [3.05, 3.63) is 18.2 Å². The summed E-state index contributed by atoms with van der Waals surface area (Å²) in [6, 6.07) is 5.31. The molecule has 0 aliphatic carbocycles. The molecule has 0 aromatic heterocycles. The highest BCUT2D eigenvalue weighted by Gasteiger charge is 2.19. The van der Waals surface area contributed by atoms with Gasteiger partial charge in [0.1, 0.15) is 11.7 Å². The number of carbonyl (C=O) groups is 1. The Bertz CT molecular complexity index is 534. The van der Waals surface area contributed by atoms with Crippen LogP contribution in [0.3, 0.4) is 0 Å². The van der Waals surface area contributed by atoms with Crippen LogP contribution in [0.25, 0.3) is 0 Å². The minimum atomic E-state index is -0.537. The minimum absolute atomic E-state index is 0.141. The molecule has 1 fully saturated rings. The lowest BCUT2D eigenvalue weighted by Crippen LogP contribution is -2.37. The summed E-state index contributed by atoms with van der Waals surface area (Å²) in [5.41, 5.74) is 0.0656. The normalized spacial score (nSPS) is 18.2. The summed E-state index contributed by atoms with van der Waals surface area (Å²) in [6.07, 6.45) is 1.77. The summed E-state index contributed by atoms with van der Waals surface area (Å²) in [4.78, 5) is 11.8. The van der Waals surface area contributed by atoms with Gasteiger partial charge in [-0.1, -0.05) is 0 Å². The highest BCUT2D eigenvalue weighted by atomic mass is 16.6. The van der Waals surface area contributed by atoms with E-state index in [1.807, 2.05) is 20.8 Å². The van der Waals surface area contributed by atoms with Crippen molar-refractivity contribution in [1.82, 2.24) is 5.32 Å². The van der Waals surface area contributed by atoms with Gasteiger partial charge in [-0.2, -0.15) is 0 Å². The Labute approximate surface area is 137 Å². The molecular weight excluding hydrogens is 296 g/mol. The summed E-state index contributed by atoms with van der Waals surface area (Å²) in [5.74, 6) is 1.26. The maximum absolute atomic E-state index is 11.8. The van der Waals surface area contributed by atoms with Crippen molar-refractivity contribution in [3.63, 3.8) is 0 Å². The molecule has 23 heavy (non-hydrogen) atoms. The van der Waals surface area contributed by atoms with Crippen LogP contribution in [0.4, 0.5) is 10.5 Å². The lowest BCUT2D eigenvalue weighted by Gasteiger charge is -2.25. The fourth-order valence-electron chi connectivity index (χ4n) is 2.36. The van der Waals surface area contributed by atoms with Gasteiger partial charge in [-0.05, 0) is 52.3 Å². The molecule has 2 rings (SSSR count). The predicted molar refractivity (Wildman–Crippen MR) is 89.4 cm³/mol. The first kappa shape index (κ1) is 17.4. The van der Waals surface area contributed by atoms with Crippen LogP contribution < -0.4 is 20.1 Å². The van der Waals surface area contributed by atoms with Crippen molar-refractivity contribution in [2.24, 2.45) is 0 Å². The number of hydrogen-bond acceptors (Lipinski definition) is 5. The van der Waals surface area contributed by atoms with Gasteiger partial charge in [0.25, 0.3) is 0 Å². The molecule has 1 aromatic rings. The molecular formula is C17H26N2O4. The van der Waals surface area contributed by atoms with E-state index in [1.165, 1.54) is 0 Å². The third-order valence-electron chi connectivity index (χ3n) is 3.35. The number of carbonyl (C=O) groups excluding carboxylic acids is 1. The molecule has 1 heterocycles. The van der Waals surface area contributed by atoms with Crippen LogP contribution in [-0.2, 0) is 4.74 Å². The topological polar surface area (TPSA) is 68.8 Å². The lowest BCUT2D eigenvalue weighted by molar-refractivity contribution is 0.0636. The molecule has 1 unspecified atom stereocenters. The fraction of sp³-hybridized carbons (Fsp3) is 0.588. The standard InChI is InChI=1S/C17H26N2O4/c1-17(2,3)23-16(20)19-12-7-8-14(15(10-12)21-4)22-13-6-5-9-18-11-13/h7-8,10,13,18H,5-6,9,11H2,1-4H3,(H,19,20). The lowest BCUT2D eigenvalue weighted by atomic mass is 10.1. The molecule has 1 aliphatic rings. The minimum Gasteiger partial charge on any atom is -0.493 e. The Morgan fingerprint density at radius 1 is 1.30 bits per heavy atom. The maximum atomic E-state index is 11.8. The molecule has 1 aromatic carbocycles. The highest BCUT2D eigenvalue weighted by molar-refractivity contribution is 5.85. The van der Waals surface area contributed by atoms with Crippen LogP contribution in [0.5, 0.6) is 11.5 Å². The van der Waals surface area contributed by atoms with Gasteiger partial charge in [0, 0.05) is 18.3 Å². The molecule has 0 bridgehead atoms. The van der Waals surface area contributed by atoms with E-state index in [0.717, 1.165) is 25.9 Å². The number of hydrogen-bond donors (Lipinski definition) is 2. The van der Waals surface area contributed by atoms with E-state index in [4.69, 9.17) is 14.2 Å². The first-order chi connectivity index (χ1) is 10.9. The zero-order valence-corrected chi connectivity index (χ0v) is 14.3. The molecule has 6 nitrogen and oxygen atoms in total. The van der Waals surface area contributed by atoms with Crippen molar-refractivity contribution in [2.45, 2.75) is 45.3 Å². The van der Waals surface area contributed by atoms with Crippen LogP contribution in [0.1, 0.15) is 33.6 Å². The van der Waals surface area contributed by atoms with Gasteiger partial charge < -0.3 is 19.5 Å². The van der Waals surface area contributed by atoms with Gasteiger partial charge in [-0.3, -0.25) is 5.32 Å². The van der Waals surface area contributed by atoms with E-state index in [0.29, 0.717) is 17.2 Å². The average molecular weight is 322 g/mol. The molecule has 0 saturated carbocycles. The summed E-state index contributed by atoms with van der Waals surface area (Å²) in [6.45, 7) is 7.34. The van der Waals surface area contributed by atoms with Crippen LogP contribution >= 0.6 is 0 Å². The quantitative estimate of drug-likeness (QED) is 0.891. The molecule has 128 valence electrons. The zero-order valence-electron chi connectivity index (χ0n) is 14.3. The van der Waals surface area contributed by atoms with E-state index < -0.39 is 11.7 Å². The van der Waals surface area contributed by atoms with Gasteiger partial charge in [-0.15, -0.1) is 0 Å². The Kier molecular flexibility index (Phi) is 5.71. The number of amides is 1. The Balaban J connectivity index is 2.02. The number of piperidine rings is 1. The molecule has 1 saturated heterocycles. The Morgan fingerprint density at radius 3 is 2.70 bits per heavy atom. The Hall–Kier alpha value is -1.95. The number of nitrogens with one attached hydrogen (secondary N) is 2. The second-order valence-electron chi connectivity index (χ2n) is 6.58. The maximum Gasteiger partial charge on any atom is 0.412 e. The second kappa shape index (κ2) is 7.55. The largest absolute Gasteiger partial charge is 0.493 e. The summed E-state index contributed by atoms with van der Waals surface area (Å²) in [7, 11) is 1.58. The van der Waals surface area contributed by atoms with Gasteiger partial charge >= 0.3 is 6.09 Å². The first-order valence-corrected chi connectivity index (χ1v) is 7.93. The van der Waals surface area contributed by atoms with Crippen LogP contribution in [0, 0.1) is 0 Å². The van der Waals surface area contributed by atoms with Crippen molar-refractivity contribution in [3.8, 4) is 11.5 Å². The van der Waals surface area contributed by atoms with Crippen LogP contribution in [0.15, 0.2) is 18.2 Å². The van der Waals surface area contributed by atoms with Crippen molar-refractivity contribution in [1.29, 1.82) is 0 Å². The van der Waals surface area contributed by atoms with Gasteiger partial charge in [0.15, 0.2) is 11.5 Å². The van der Waals surface area contributed by atoms with E-state index in [1.54, 1.807) is 25.3 Å². The monoisotopic (exact) mass is 322 g/mol. The van der Waals surface area contributed by atoms with Crippen molar-refractivity contribution in [2.75, 3.05) is 25.5 Å². The molecule has 0 radical (unpaired) electrons.